The Kier molecular flexibility index (Phi) is 6.86. The molecule has 0 saturated heterocycles. The lowest BCUT2D eigenvalue weighted by atomic mass is 10.0. The molecule has 3 N–H and O–H groups in total. The number of carbonyl (C=O) groups excluding carboxylic acids is 2. The number of benzene rings is 2. The van der Waals surface area contributed by atoms with Crippen LogP contribution in [0, 0.1) is 12.8 Å². The van der Waals surface area contributed by atoms with Gasteiger partial charge in [-0.15, -0.1) is 0 Å². The molecule has 0 aliphatic heterocycles. The summed E-state index contributed by atoms with van der Waals surface area (Å²) < 4.78 is 11.3. The van der Waals surface area contributed by atoms with Gasteiger partial charge in [0.25, 0.3) is 5.91 Å². The van der Waals surface area contributed by atoms with E-state index in [1.165, 1.54) is 0 Å². The Hall–Kier alpha value is -3.49. The lowest BCUT2D eigenvalue weighted by molar-refractivity contribution is -0.133. The van der Waals surface area contributed by atoms with E-state index in [-0.39, 0.29) is 12.0 Å². The highest BCUT2D eigenvalue weighted by Gasteiger charge is 2.39. The minimum atomic E-state index is -0.551. The summed E-state index contributed by atoms with van der Waals surface area (Å²) in [6.45, 7) is 2.34. The predicted molar refractivity (Wildman–Crippen MR) is 122 cm³/mol. The normalized spacial score (nSPS) is 19.9. The molecule has 4 rings (SSSR count). The number of para-hydroxylation sites is 1. The first kappa shape index (κ1) is 22.7. The van der Waals surface area contributed by atoms with Crippen LogP contribution in [0.15, 0.2) is 54.6 Å². The van der Waals surface area contributed by atoms with E-state index in [1.54, 1.807) is 36.9 Å². The molecule has 0 radical (unpaired) electrons. The molecule has 3 aromatic rings. The summed E-state index contributed by atoms with van der Waals surface area (Å²) in [6.07, 6.45) is 0.784. The van der Waals surface area contributed by atoms with Crippen LogP contribution in [0.5, 0.6) is 5.75 Å². The van der Waals surface area contributed by atoms with Crippen molar-refractivity contribution >= 4 is 22.7 Å². The molecule has 0 spiro atoms. The first-order chi connectivity index (χ1) is 16.0. The number of hydrogen-bond acceptors (Lipinski definition) is 6. The van der Waals surface area contributed by atoms with Crippen molar-refractivity contribution in [3.63, 3.8) is 0 Å². The molecule has 1 saturated carbocycles. The molecule has 3 atom stereocenters. The number of hydroxylamine groups is 1. The second-order valence-electron chi connectivity index (χ2n) is 8.24. The fraction of sp³-hybridized carbons (Fsp3) is 0.320. The van der Waals surface area contributed by atoms with Crippen LogP contribution < -0.4 is 15.5 Å². The van der Waals surface area contributed by atoms with Crippen molar-refractivity contribution in [1.82, 2.24) is 15.8 Å². The molecule has 2 amide bonds. The summed E-state index contributed by atoms with van der Waals surface area (Å²) >= 11 is 0. The Morgan fingerprint density at radius 3 is 2.61 bits per heavy atom. The highest BCUT2D eigenvalue weighted by atomic mass is 16.5. The lowest BCUT2D eigenvalue weighted by Gasteiger charge is -2.19. The number of nitrogens with one attached hydrogen (secondary N) is 2. The zero-order valence-corrected chi connectivity index (χ0v) is 18.6. The Morgan fingerprint density at radius 1 is 1.12 bits per heavy atom. The van der Waals surface area contributed by atoms with E-state index in [0.29, 0.717) is 30.8 Å². The number of hydrogen-bond donors (Lipinski definition) is 3. The first-order valence-electron chi connectivity index (χ1n) is 10.8. The molecular weight excluding hydrogens is 422 g/mol. The summed E-state index contributed by atoms with van der Waals surface area (Å²) in [5, 5.41) is 12.9. The van der Waals surface area contributed by atoms with Crippen LogP contribution in [0.25, 0.3) is 10.9 Å². The maximum Gasteiger partial charge on any atom is 0.251 e. The smallest absolute Gasteiger partial charge is 0.251 e. The average Bonchev–Trinajstić information content (AvgIpc) is 3.25. The van der Waals surface area contributed by atoms with Crippen LogP contribution >= 0.6 is 0 Å². The molecular formula is C25H27N3O5. The molecule has 8 nitrogen and oxygen atoms in total. The van der Waals surface area contributed by atoms with Gasteiger partial charge in [0.05, 0.1) is 17.5 Å². The van der Waals surface area contributed by atoms with Crippen LogP contribution in [0.1, 0.15) is 34.5 Å². The van der Waals surface area contributed by atoms with Crippen molar-refractivity contribution in [1.29, 1.82) is 0 Å². The molecule has 1 aliphatic carbocycles. The van der Waals surface area contributed by atoms with Crippen molar-refractivity contribution in [3.05, 3.63) is 71.4 Å². The minimum Gasteiger partial charge on any atom is -0.489 e. The predicted octanol–water partition coefficient (Wildman–Crippen LogP) is 3.15. The number of methoxy groups -OCH3 is 1. The van der Waals surface area contributed by atoms with Crippen molar-refractivity contribution in [2.75, 3.05) is 7.11 Å². The van der Waals surface area contributed by atoms with E-state index in [2.05, 4.69) is 10.3 Å². The van der Waals surface area contributed by atoms with Gasteiger partial charge in [-0.1, -0.05) is 18.2 Å². The number of carbonyl (C=O) groups is 2. The van der Waals surface area contributed by atoms with Gasteiger partial charge in [0.2, 0.25) is 5.91 Å². The van der Waals surface area contributed by atoms with E-state index in [0.717, 1.165) is 22.2 Å². The maximum atomic E-state index is 12.7. The van der Waals surface area contributed by atoms with Gasteiger partial charge in [-0.25, -0.2) is 5.48 Å². The van der Waals surface area contributed by atoms with Gasteiger partial charge in [-0.05, 0) is 56.2 Å². The zero-order chi connectivity index (χ0) is 23.4. The van der Waals surface area contributed by atoms with Gasteiger partial charge >= 0.3 is 0 Å². The highest BCUT2D eigenvalue weighted by molar-refractivity contribution is 5.95. The quantitative estimate of drug-likeness (QED) is 0.378. The lowest BCUT2D eigenvalue weighted by Crippen LogP contribution is -2.43. The minimum absolute atomic E-state index is 0.152. The molecule has 33 heavy (non-hydrogen) atoms. The third kappa shape index (κ3) is 5.13. The molecule has 1 aliphatic rings. The van der Waals surface area contributed by atoms with Gasteiger partial charge in [0, 0.05) is 35.4 Å². The standard InChI is InChI=1S/C25H27N3O5/c1-15-11-17(20-5-3-4-6-22(20)26-15)14-33-18-9-7-16(8-10-18)24(29)27-23-13-19(32-2)12-21(23)25(30)28-31/h3-11,19,21,23,31H,12-14H2,1-2H3,(H,27,29)(H,28,30)/t19?,21-,23?/m0/s1. The molecule has 8 heteroatoms. The van der Waals surface area contributed by atoms with Crippen LogP contribution in [0.3, 0.4) is 0 Å². The number of pyridine rings is 1. The summed E-state index contributed by atoms with van der Waals surface area (Å²) in [5.41, 5.74) is 5.03. The van der Waals surface area contributed by atoms with Gasteiger partial charge in [0.15, 0.2) is 0 Å². The van der Waals surface area contributed by atoms with E-state index >= 15 is 0 Å². The number of aromatic nitrogens is 1. The number of aryl methyl sites for hydroxylation is 1. The van der Waals surface area contributed by atoms with Gasteiger partial charge in [0.1, 0.15) is 12.4 Å². The van der Waals surface area contributed by atoms with Gasteiger partial charge in [-0.3, -0.25) is 19.8 Å². The number of ether oxygens (including phenoxy) is 2. The van der Waals surface area contributed by atoms with Crippen molar-refractivity contribution in [2.24, 2.45) is 5.92 Å². The second kappa shape index (κ2) is 9.97. The second-order valence-corrected chi connectivity index (χ2v) is 8.24. The Bertz CT molecular complexity index is 1150. The van der Waals surface area contributed by atoms with E-state index in [1.807, 2.05) is 37.3 Å². The van der Waals surface area contributed by atoms with Crippen LogP contribution in [-0.2, 0) is 16.1 Å². The van der Waals surface area contributed by atoms with E-state index in [9.17, 15) is 9.59 Å². The summed E-state index contributed by atoms with van der Waals surface area (Å²) in [7, 11) is 1.57. The fourth-order valence-electron chi connectivity index (χ4n) is 4.35. The molecule has 0 bridgehead atoms. The SMILES string of the molecule is COC1CC(NC(=O)c2ccc(OCc3cc(C)nc4ccccc34)cc2)[C@@H](C(=O)NO)C1. The molecule has 2 unspecified atom stereocenters. The largest absolute Gasteiger partial charge is 0.489 e. The third-order valence-electron chi connectivity index (χ3n) is 6.06. The molecule has 1 aromatic heterocycles. The topological polar surface area (TPSA) is 110 Å². The molecule has 1 heterocycles. The first-order valence-corrected chi connectivity index (χ1v) is 10.8. The van der Waals surface area contributed by atoms with Gasteiger partial charge < -0.3 is 14.8 Å². The molecule has 172 valence electrons. The molecule has 1 fully saturated rings. The Morgan fingerprint density at radius 2 is 1.88 bits per heavy atom. The number of fused-ring (bicyclic) bond motifs is 1. The van der Waals surface area contributed by atoms with Crippen LogP contribution in [-0.4, -0.2) is 41.3 Å². The summed E-state index contributed by atoms with van der Waals surface area (Å²) in [5.74, 6) is -0.731. The third-order valence-corrected chi connectivity index (χ3v) is 6.06. The summed E-state index contributed by atoms with van der Waals surface area (Å²) in [6, 6.07) is 16.4. The van der Waals surface area contributed by atoms with E-state index < -0.39 is 17.9 Å². The average molecular weight is 450 g/mol. The molecule has 2 aromatic carbocycles. The monoisotopic (exact) mass is 449 g/mol. The Balaban J connectivity index is 1.40. The maximum absolute atomic E-state index is 12.7. The van der Waals surface area contributed by atoms with Crippen molar-refractivity contribution < 1.29 is 24.3 Å². The number of rotatable bonds is 7. The Labute approximate surface area is 191 Å². The van der Waals surface area contributed by atoms with Crippen molar-refractivity contribution in [2.45, 2.75) is 38.5 Å². The fourth-order valence-corrected chi connectivity index (χ4v) is 4.35. The van der Waals surface area contributed by atoms with Crippen LogP contribution in [0.4, 0.5) is 0 Å². The van der Waals surface area contributed by atoms with Gasteiger partial charge in [-0.2, -0.15) is 0 Å². The highest BCUT2D eigenvalue weighted by Crippen LogP contribution is 2.29. The van der Waals surface area contributed by atoms with E-state index in [4.69, 9.17) is 14.7 Å². The van der Waals surface area contributed by atoms with Crippen LogP contribution in [0.2, 0.25) is 0 Å². The summed E-state index contributed by atoms with van der Waals surface area (Å²) in [4.78, 5) is 29.2. The van der Waals surface area contributed by atoms with Crippen molar-refractivity contribution in [3.8, 4) is 5.75 Å². The number of amides is 2. The zero-order valence-electron chi connectivity index (χ0n) is 18.6. The number of nitrogens with zero attached hydrogens (tertiary/aromatic N) is 1.